The highest BCUT2D eigenvalue weighted by atomic mass is 19.1. The van der Waals surface area contributed by atoms with Gasteiger partial charge in [0.25, 0.3) is 5.91 Å². The Labute approximate surface area is 205 Å². The van der Waals surface area contributed by atoms with E-state index >= 15 is 0 Å². The fourth-order valence-electron chi connectivity index (χ4n) is 3.97. The second-order valence-electron chi connectivity index (χ2n) is 8.42. The minimum atomic E-state index is -0.387. The van der Waals surface area contributed by atoms with E-state index in [9.17, 15) is 9.18 Å². The maximum atomic E-state index is 13.7. The van der Waals surface area contributed by atoms with Gasteiger partial charge in [0.1, 0.15) is 5.82 Å². The Hall–Kier alpha value is -3.52. The molecule has 0 atom stereocenters. The van der Waals surface area contributed by atoms with Gasteiger partial charge < -0.3 is 20.1 Å². The van der Waals surface area contributed by atoms with Gasteiger partial charge in [-0.2, -0.15) is 0 Å². The summed E-state index contributed by atoms with van der Waals surface area (Å²) in [6, 6.07) is 22.2. The third-order valence-corrected chi connectivity index (χ3v) is 5.76. The number of carbonyl (C=O) groups excluding carboxylic acids is 1. The Morgan fingerprint density at radius 1 is 1.00 bits per heavy atom. The minimum Gasteiger partial charge on any atom is -0.382 e. The van der Waals surface area contributed by atoms with E-state index < -0.39 is 0 Å². The molecule has 7 heteroatoms. The predicted octanol–water partition coefficient (Wildman–Crippen LogP) is 4.85. The SMILES string of the molecule is COCCOCCN(C)Cc1ccc(N/C(=C2\C(=O)Nc3cc(F)ccc32)c2ccccc2)cc1. The molecule has 0 saturated heterocycles. The molecule has 3 aromatic carbocycles. The molecule has 0 aliphatic carbocycles. The quantitative estimate of drug-likeness (QED) is 0.307. The number of likely N-dealkylation sites (N-methyl/N-ethyl adjacent to an activating group) is 1. The average Bonchev–Trinajstić information content (AvgIpc) is 3.18. The number of anilines is 2. The minimum absolute atomic E-state index is 0.261. The Morgan fingerprint density at radius 2 is 1.77 bits per heavy atom. The van der Waals surface area contributed by atoms with Gasteiger partial charge in [-0.3, -0.25) is 9.69 Å². The number of methoxy groups -OCH3 is 1. The van der Waals surface area contributed by atoms with Gasteiger partial charge in [-0.05, 0) is 48.5 Å². The van der Waals surface area contributed by atoms with Crippen molar-refractivity contribution in [1.29, 1.82) is 0 Å². The van der Waals surface area contributed by atoms with E-state index in [0.29, 0.717) is 42.3 Å². The molecule has 1 aliphatic heterocycles. The van der Waals surface area contributed by atoms with Crippen molar-refractivity contribution < 1.29 is 18.7 Å². The summed E-state index contributed by atoms with van der Waals surface area (Å²) >= 11 is 0. The number of fused-ring (bicyclic) bond motifs is 1. The lowest BCUT2D eigenvalue weighted by molar-refractivity contribution is -0.110. The lowest BCUT2D eigenvalue weighted by Crippen LogP contribution is -2.23. The fraction of sp³-hybridized carbons (Fsp3) is 0.250. The maximum Gasteiger partial charge on any atom is 0.258 e. The third kappa shape index (κ3) is 6.33. The predicted molar refractivity (Wildman–Crippen MR) is 137 cm³/mol. The molecule has 182 valence electrons. The van der Waals surface area contributed by atoms with E-state index in [0.717, 1.165) is 24.3 Å². The molecule has 0 bridgehead atoms. The summed E-state index contributed by atoms with van der Waals surface area (Å²) in [6.45, 7) is 3.47. The molecule has 0 aromatic heterocycles. The third-order valence-electron chi connectivity index (χ3n) is 5.76. The zero-order chi connectivity index (χ0) is 24.6. The Balaban J connectivity index is 1.52. The number of ether oxygens (including phenoxy) is 2. The van der Waals surface area contributed by atoms with E-state index in [-0.39, 0.29) is 11.7 Å². The molecule has 35 heavy (non-hydrogen) atoms. The van der Waals surface area contributed by atoms with Crippen LogP contribution in [0.25, 0.3) is 11.3 Å². The van der Waals surface area contributed by atoms with Gasteiger partial charge in [-0.25, -0.2) is 4.39 Å². The van der Waals surface area contributed by atoms with Crippen molar-refractivity contribution in [2.75, 3.05) is 51.2 Å². The van der Waals surface area contributed by atoms with Crippen LogP contribution in [0.1, 0.15) is 16.7 Å². The summed E-state index contributed by atoms with van der Waals surface area (Å²) in [6.07, 6.45) is 0. The molecule has 1 heterocycles. The molecule has 1 aliphatic rings. The first kappa shape index (κ1) is 24.6. The zero-order valence-electron chi connectivity index (χ0n) is 20.0. The molecule has 1 amide bonds. The van der Waals surface area contributed by atoms with Crippen molar-refractivity contribution in [2.45, 2.75) is 6.54 Å². The van der Waals surface area contributed by atoms with Gasteiger partial charge in [0, 0.05) is 31.5 Å². The maximum absolute atomic E-state index is 13.7. The van der Waals surface area contributed by atoms with Crippen molar-refractivity contribution in [3.63, 3.8) is 0 Å². The smallest absolute Gasteiger partial charge is 0.258 e. The van der Waals surface area contributed by atoms with Crippen LogP contribution in [0.15, 0.2) is 72.8 Å². The van der Waals surface area contributed by atoms with Crippen LogP contribution in [0.2, 0.25) is 0 Å². The first-order valence-corrected chi connectivity index (χ1v) is 11.6. The van der Waals surface area contributed by atoms with E-state index in [1.165, 1.54) is 17.7 Å². The number of amides is 1. The number of nitrogens with one attached hydrogen (secondary N) is 2. The normalized spacial score (nSPS) is 14.1. The van der Waals surface area contributed by atoms with Crippen LogP contribution in [0.3, 0.4) is 0 Å². The van der Waals surface area contributed by atoms with Gasteiger partial charge >= 0.3 is 0 Å². The van der Waals surface area contributed by atoms with Gasteiger partial charge in [0.2, 0.25) is 0 Å². The number of hydrogen-bond donors (Lipinski definition) is 2. The lowest BCUT2D eigenvalue weighted by Gasteiger charge is -2.18. The van der Waals surface area contributed by atoms with Crippen molar-refractivity contribution in [1.82, 2.24) is 4.90 Å². The van der Waals surface area contributed by atoms with Crippen LogP contribution >= 0.6 is 0 Å². The molecule has 0 saturated carbocycles. The van der Waals surface area contributed by atoms with Crippen LogP contribution in [0, 0.1) is 5.82 Å². The molecule has 3 aromatic rings. The van der Waals surface area contributed by atoms with E-state index in [1.54, 1.807) is 13.2 Å². The Kier molecular flexibility index (Phi) is 8.26. The van der Waals surface area contributed by atoms with Gasteiger partial charge in [-0.15, -0.1) is 0 Å². The van der Waals surface area contributed by atoms with Gasteiger partial charge in [-0.1, -0.05) is 42.5 Å². The van der Waals surface area contributed by atoms with Crippen molar-refractivity contribution in [3.8, 4) is 0 Å². The van der Waals surface area contributed by atoms with Crippen LogP contribution in [-0.4, -0.2) is 51.3 Å². The Morgan fingerprint density at radius 3 is 2.51 bits per heavy atom. The highest BCUT2D eigenvalue weighted by Gasteiger charge is 2.28. The molecule has 0 radical (unpaired) electrons. The summed E-state index contributed by atoms with van der Waals surface area (Å²) in [5.74, 6) is -0.649. The summed E-state index contributed by atoms with van der Waals surface area (Å²) in [5, 5.41) is 6.22. The fourth-order valence-corrected chi connectivity index (χ4v) is 3.97. The van der Waals surface area contributed by atoms with E-state index in [2.05, 4.69) is 34.7 Å². The number of benzene rings is 3. The van der Waals surface area contributed by atoms with E-state index in [4.69, 9.17) is 9.47 Å². The largest absolute Gasteiger partial charge is 0.382 e. The molecule has 6 nitrogen and oxygen atoms in total. The molecule has 2 N–H and O–H groups in total. The topological polar surface area (TPSA) is 62.8 Å². The number of nitrogens with zero attached hydrogens (tertiary/aromatic N) is 1. The van der Waals surface area contributed by atoms with Gasteiger partial charge in [0.15, 0.2) is 0 Å². The van der Waals surface area contributed by atoms with E-state index in [1.807, 2.05) is 42.5 Å². The molecule has 0 unspecified atom stereocenters. The first-order valence-electron chi connectivity index (χ1n) is 11.6. The highest BCUT2D eigenvalue weighted by Crippen LogP contribution is 2.37. The summed E-state index contributed by atoms with van der Waals surface area (Å²) in [7, 11) is 3.72. The average molecular weight is 476 g/mol. The van der Waals surface area contributed by atoms with Crippen LogP contribution in [0.5, 0.6) is 0 Å². The number of halogens is 1. The number of hydrogen-bond acceptors (Lipinski definition) is 5. The monoisotopic (exact) mass is 475 g/mol. The second kappa shape index (κ2) is 11.8. The van der Waals surface area contributed by atoms with Crippen LogP contribution < -0.4 is 10.6 Å². The summed E-state index contributed by atoms with van der Waals surface area (Å²) < 4.78 is 24.3. The second-order valence-corrected chi connectivity index (χ2v) is 8.42. The summed E-state index contributed by atoms with van der Waals surface area (Å²) in [4.78, 5) is 15.1. The highest BCUT2D eigenvalue weighted by molar-refractivity contribution is 6.37. The van der Waals surface area contributed by atoms with Crippen LogP contribution in [0.4, 0.5) is 15.8 Å². The zero-order valence-corrected chi connectivity index (χ0v) is 20.0. The Bertz CT molecular complexity index is 1180. The molecular formula is C28H30FN3O3. The number of carbonyl (C=O) groups is 1. The van der Waals surface area contributed by atoms with Crippen LogP contribution in [-0.2, 0) is 20.8 Å². The summed E-state index contributed by atoms with van der Waals surface area (Å²) in [5.41, 5.74) is 5.21. The molecule has 4 rings (SSSR count). The lowest BCUT2D eigenvalue weighted by atomic mass is 10.00. The molecular weight excluding hydrogens is 445 g/mol. The number of rotatable bonds is 11. The van der Waals surface area contributed by atoms with Crippen molar-refractivity contribution in [2.24, 2.45) is 0 Å². The van der Waals surface area contributed by atoms with Crippen molar-refractivity contribution in [3.05, 3.63) is 95.3 Å². The first-order chi connectivity index (χ1) is 17.0. The van der Waals surface area contributed by atoms with Gasteiger partial charge in [0.05, 0.1) is 36.8 Å². The standard InChI is InChI=1S/C28H30FN3O3/c1-32(14-15-35-17-16-34-2)19-20-8-11-23(12-9-20)30-27(21-6-4-3-5-7-21)26-24-13-10-22(29)18-25(24)31-28(26)33/h3-13,18,30H,14-17,19H2,1-2H3,(H,31,33)/b27-26-. The van der Waals surface area contributed by atoms with Crippen molar-refractivity contribution >= 4 is 28.6 Å². The molecule has 0 spiro atoms. The molecule has 0 fully saturated rings.